The number of nitrogens with two attached hydrogens (primary N) is 1. The van der Waals surface area contributed by atoms with E-state index in [0.717, 1.165) is 25.3 Å². The standard InChI is InChI=1S/C14H23N3O/c1-13(2)9-17(10-14(3,4)18-13)8-12-6-5-11(15)7-16-12/h5-7H,8-10,15H2,1-4H3. The number of anilines is 1. The second-order valence-corrected chi connectivity index (χ2v) is 6.35. The van der Waals surface area contributed by atoms with E-state index in [1.165, 1.54) is 0 Å². The van der Waals surface area contributed by atoms with Crippen molar-refractivity contribution in [3.8, 4) is 0 Å². The van der Waals surface area contributed by atoms with Crippen LogP contribution in [0.5, 0.6) is 0 Å². The Morgan fingerprint density at radius 2 is 1.83 bits per heavy atom. The molecule has 0 spiro atoms. The fraction of sp³-hybridized carbons (Fsp3) is 0.643. The molecule has 0 amide bonds. The van der Waals surface area contributed by atoms with Crippen molar-refractivity contribution in [2.45, 2.75) is 45.4 Å². The molecule has 0 bridgehead atoms. The lowest BCUT2D eigenvalue weighted by Crippen LogP contribution is -2.56. The number of hydrogen-bond donors (Lipinski definition) is 1. The predicted octanol–water partition coefficient (Wildman–Crippen LogP) is 2.05. The van der Waals surface area contributed by atoms with Crippen molar-refractivity contribution in [2.75, 3.05) is 18.8 Å². The maximum absolute atomic E-state index is 6.07. The van der Waals surface area contributed by atoms with Crippen molar-refractivity contribution in [1.29, 1.82) is 0 Å². The topological polar surface area (TPSA) is 51.4 Å². The summed E-state index contributed by atoms with van der Waals surface area (Å²) in [6.07, 6.45) is 1.71. The zero-order valence-electron chi connectivity index (χ0n) is 11.7. The minimum atomic E-state index is -0.116. The Morgan fingerprint density at radius 3 is 2.33 bits per heavy atom. The fourth-order valence-corrected chi connectivity index (χ4v) is 2.82. The maximum Gasteiger partial charge on any atom is 0.0760 e. The number of morpholine rings is 1. The molecule has 2 rings (SSSR count). The molecule has 1 saturated heterocycles. The minimum absolute atomic E-state index is 0.116. The van der Waals surface area contributed by atoms with Gasteiger partial charge in [-0.05, 0) is 39.8 Å². The lowest BCUT2D eigenvalue weighted by atomic mass is 9.99. The van der Waals surface area contributed by atoms with Crippen LogP contribution in [0.15, 0.2) is 18.3 Å². The van der Waals surface area contributed by atoms with Gasteiger partial charge in [0, 0.05) is 19.6 Å². The van der Waals surface area contributed by atoms with E-state index < -0.39 is 0 Å². The summed E-state index contributed by atoms with van der Waals surface area (Å²) in [5.74, 6) is 0. The molecule has 0 atom stereocenters. The van der Waals surface area contributed by atoms with Crippen molar-refractivity contribution < 1.29 is 4.74 Å². The summed E-state index contributed by atoms with van der Waals surface area (Å²) in [6, 6.07) is 3.89. The van der Waals surface area contributed by atoms with Gasteiger partial charge in [0.1, 0.15) is 0 Å². The largest absolute Gasteiger partial charge is 0.397 e. The van der Waals surface area contributed by atoms with E-state index in [2.05, 4.69) is 37.6 Å². The first-order valence-corrected chi connectivity index (χ1v) is 6.39. The Balaban J connectivity index is 2.07. The number of nitrogen functional groups attached to an aromatic ring is 1. The molecule has 18 heavy (non-hydrogen) atoms. The molecule has 1 fully saturated rings. The van der Waals surface area contributed by atoms with Gasteiger partial charge in [-0.2, -0.15) is 0 Å². The van der Waals surface area contributed by atoms with Crippen LogP contribution >= 0.6 is 0 Å². The first-order chi connectivity index (χ1) is 8.26. The molecular weight excluding hydrogens is 226 g/mol. The summed E-state index contributed by atoms with van der Waals surface area (Å²) in [7, 11) is 0. The van der Waals surface area contributed by atoms with Crippen LogP contribution in [0.3, 0.4) is 0 Å². The second kappa shape index (κ2) is 4.52. The number of nitrogens with zero attached hydrogens (tertiary/aromatic N) is 2. The summed E-state index contributed by atoms with van der Waals surface area (Å²) < 4.78 is 6.07. The molecule has 0 aromatic carbocycles. The van der Waals surface area contributed by atoms with Crippen molar-refractivity contribution in [3.63, 3.8) is 0 Å². The lowest BCUT2D eigenvalue weighted by Gasteiger charge is -2.47. The monoisotopic (exact) mass is 249 g/mol. The number of aromatic nitrogens is 1. The van der Waals surface area contributed by atoms with E-state index >= 15 is 0 Å². The summed E-state index contributed by atoms with van der Waals surface area (Å²) in [6.45, 7) is 11.2. The molecule has 0 unspecified atom stereocenters. The number of pyridine rings is 1. The van der Waals surface area contributed by atoms with E-state index in [9.17, 15) is 0 Å². The average molecular weight is 249 g/mol. The molecule has 0 saturated carbocycles. The predicted molar refractivity (Wildman–Crippen MR) is 73.2 cm³/mol. The van der Waals surface area contributed by atoms with Gasteiger partial charge >= 0.3 is 0 Å². The Hall–Kier alpha value is -1.13. The highest BCUT2D eigenvalue weighted by atomic mass is 16.5. The first kappa shape index (κ1) is 13.3. The molecule has 1 aromatic rings. The van der Waals surface area contributed by atoms with Gasteiger partial charge in [0.05, 0.1) is 28.8 Å². The normalized spacial score (nSPS) is 22.9. The molecule has 2 N–H and O–H groups in total. The quantitative estimate of drug-likeness (QED) is 0.871. The van der Waals surface area contributed by atoms with Gasteiger partial charge in [0.15, 0.2) is 0 Å². The molecule has 0 radical (unpaired) electrons. The van der Waals surface area contributed by atoms with Gasteiger partial charge < -0.3 is 10.5 Å². The SMILES string of the molecule is CC1(C)CN(Cc2ccc(N)cn2)CC(C)(C)O1. The van der Waals surface area contributed by atoms with Gasteiger partial charge in [0.25, 0.3) is 0 Å². The smallest absolute Gasteiger partial charge is 0.0760 e. The van der Waals surface area contributed by atoms with Crippen LogP contribution in [0.2, 0.25) is 0 Å². The molecular formula is C14H23N3O. The van der Waals surface area contributed by atoms with Gasteiger partial charge in [-0.15, -0.1) is 0 Å². The molecule has 1 aliphatic heterocycles. The van der Waals surface area contributed by atoms with Gasteiger partial charge in [-0.1, -0.05) is 0 Å². The Morgan fingerprint density at radius 1 is 1.22 bits per heavy atom. The lowest BCUT2D eigenvalue weighted by molar-refractivity contribution is -0.182. The number of rotatable bonds is 2. The van der Waals surface area contributed by atoms with E-state index in [1.54, 1.807) is 6.20 Å². The summed E-state index contributed by atoms with van der Waals surface area (Å²) in [4.78, 5) is 6.75. The average Bonchev–Trinajstić information content (AvgIpc) is 2.16. The van der Waals surface area contributed by atoms with Gasteiger partial charge in [-0.3, -0.25) is 9.88 Å². The fourth-order valence-electron chi connectivity index (χ4n) is 2.82. The third-order valence-corrected chi connectivity index (χ3v) is 2.99. The van der Waals surface area contributed by atoms with Crippen LogP contribution in [0, 0.1) is 0 Å². The Kier molecular flexibility index (Phi) is 3.34. The van der Waals surface area contributed by atoms with Gasteiger partial charge in [-0.25, -0.2) is 0 Å². The molecule has 100 valence electrons. The molecule has 4 nitrogen and oxygen atoms in total. The third kappa shape index (κ3) is 3.43. The zero-order valence-corrected chi connectivity index (χ0v) is 11.7. The van der Waals surface area contributed by atoms with Crippen molar-refractivity contribution in [1.82, 2.24) is 9.88 Å². The van der Waals surface area contributed by atoms with Crippen molar-refractivity contribution in [3.05, 3.63) is 24.0 Å². The van der Waals surface area contributed by atoms with E-state index in [4.69, 9.17) is 10.5 Å². The molecule has 1 aliphatic rings. The minimum Gasteiger partial charge on any atom is -0.397 e. The van der Waals surface area contributed by atoms with Crippen molar-refractivity contribution in [2.24, 2.45) is 0 Å². The molecule has 4 heteroatoms. The van der Waals surface area contributed by atoms with Crippen molar-refractivity contribution >= 4 is 5.69 Å². The molecule has 2 heterocycles. The van der Waals surface area contributed by atoms with E-state index in [1.807, 2.05) is 12.1 Å². The number of hydrogen-bond acceptors (Lipinski definition) is 4. The molecule has 0 aliphatic carbocycles. The second-order valence-electron chi connectivity index (χ2n) is 6.35. The number of ether oxygens (including phenoxy) is 1. The van der Waals surface area contributed by atoms with Crippen LogP contribution in [-0.2, 0) is 11.3 Å². The molecule has 1 aromatic heterocycles. The van der Waals surface area contributed by atoms with Crippen LogP contribution in [0.25, 0.3) is 0 Å². The summed E-state index contributed by atoms with van der Waals surface area (Å²) in [5, 5.41) is 0. The van der Waals surface area contributed by atoms with E-state index in [-0.39, 0.29) is 11.2 Å². The Labute approximate surface area is 109 Å². The maximum atomic E-state index is 6.07. The third-order valence-electron chi connectivity index (χ3n) is 2.99. The van der Waals surface area contributed by atoms with Crippen LogP contribution < -0.4 is 5.73 Å². The highest BCUT2D eigenvalue weighted by molar-refractivity contribution is 5.34. The summed E-state index contributed by atoms with van der Waals surface area (Å²) >= 11 is 0. The summed E-state index contributed by atoms with van der Waals surface area (Å²) in [5.41, 5.74) is 7.18. The van der Waals surface area contributed by atoms with Crippen LogP contribution in [0.1, 0.15) is 33.4 Å². The van der Waals surface area contributed by atoms with Crippen LogP contribution in [-0.4, -0.2) is 34.2 Å². The first-order valence-electron chi connectivity index (χ1n) is 6.39. The van der Waals surface area contributed by atoms with E-state index in [0.29, 0.717) is 5.69 Å². The Bertz CT molecular complexity index is 396. The van der Waals surface area contributed by atoms with Crippen LogP contribution in [0.4, 0.5) is 5.69 Å². The highest BCUT2D eigenvalue weighted by Gasteiger charge is 2.37. The van der Waals surface area contributed by atoms with Gasteiger partial charge in [0.2, 0.25) is 0 Å². The zero-order chi connectivity index (χ0) is 13.4. The highest BCUT2D eigenvalue weighted by Crippen LogP contribution is 2.28.